The van der Waals surface area contributed by atoms with Gasteiger partial charge in [0.1, 0.15) is 0 Å². The Hall–Kier alpha value is -0.820. The van der Waals surface area contributed by atoms with Crippen molar-refractivity contribution in [2.24, 2.45) is 0 Å². The molecule has 1 N–H and O–H groups in total. The van der Waals surface area contributed by atoms with E-state index in [1.54, 1.807) is 0 Å². The van der Waals surface area contributed by atoms with Gasteiger partial charge in [-0.15, -0.1) is 0 Å². The number of aryl methyl sites for hydroxylation is 1. The van der Waals surface area contributed by atoms with Crippen molar-refractivity contribution in [3.05, 3.63) is 28.8 Å². The van der Waals surface area contributed by atoms with Gasteiger partial charge in [0.2, 0.25) is 10.0 Å². The van der Waals surface area contributed by atoms with Gasteiger partial charge in [-0.2, -0.15) is 0 Å². The summed E-state index contributed by atoms with van der Waals surface area (Å²) in [5, 5.41) is 0.773. The largest absolute Gasteiger partial charge is 0.369 e. The smallest absolute Gasteiger partial charge is 0.208 e. The van der Waals surface area contributed by atoms with Gasteiger partial charge in [-0.25, -0.2) is 13.1 Å². The van der Waals surface area contributed by atoms with Crippen molar-refractivity contribution in [2.75, 3.05) is 50.4 Å². The van der Waals surface area contributed by atoms with Crippen molar-refractivity contribution in [1.29, 1.82) is 0 Å². The van der Waals surface area contributed by atoms with Crippen LogP contribution in [0.2, 0.25) is 5.02 Å². The summed E-state index contributed by atoms with van der Waals surface area (Å²) >= 11 is 6.09. The molecule has 0 bridgehead atoms. The molecule has 0 amide bonds. The zero-order valence-electron chi connectivity index (χ0n) is 13.2. The Morgan fingerprint density at radius 2 is 1.91 bits per heavy atom. The number of benzene rings is 1. The van der Waals surface area contributed by atoms with Gasteiger partial charge in [-0.05, 0) is 37.6 Å². The Morgan fingerprint density at radius 3 is 2.55 bits per heavy atom. The van der Waals surface area contributed by atoms with Crippen molar-refractivity contribution in [3.63, 3.8) is 0 Å². The van der Waals surface area contributed by atoms with Crippen LogP contribution in [-0.4, -0.2) is 58.8 Å². The molecule has 0 radical (unpaired) electrons. The fourth-order valence-electron chi connectivity index (χ4n) is 2.70. The number of piperazine rings is 1. The molecule has 7 heteroatoms. The van der Waals surface area contributed by atoms with Crippen molar-refractivity contribution in [1.82, 2.24) is 9.62 Å². The van der Waals surface area contributed by atoms with Gasteiger partial charge < -0.3 is 4.90 Å². The number of rotatable bonds is 6. The minimum Gasteiger partial charge on any atom is -0.369 e. The predicted octanol–water partition coefficient (Wildman–Crippen LogP) is 1.71. The zero-order chi connectivity index (χ0) is 16.2. The first-order valence-corrected chi connectivity index (χ1v) is 9.80. The average Bonchev–Trinajstić information content (AvgIpc) is 2.46. The summed E-state index contributed by atoms with van der Waals surface area (Å²) < 4.78 is 24.5. The molecule has 124 valence electrons. The maximum absolute atomic E-state index is 11.0. The number of hydrogen-bond acceptors (Lipinski definition) is 4. The van der Waals surface area contributed by atoms with Crippen LogP contribution in [0.25, 0.3) is 0 Å². The molecule has 0 aromatic heterocycles. The molecule has 1 heterocycles. The second-order valence-corrected chi connectivity index (χ2v) is 8.05. The first-order valence-electron chi connectivity index (χ1n) is 7.53. The normalized spacial score (nSPS) is 17.0. The number of hydrogen-bond donors (Lipinski definition) is 1. The van der Waals surface area contributed by atoms with Crippen LogP contribution in [0.3, 0.4) is 0 Å². The average molecular weight is 346 g/mol. The number of nitrogens with zero attached hydrogens (tertiary/aromatic N) is 2. The predicted molar refractivity (Wildman–Crippen MR) is 92.3 cm³/mol. The van der Waals surface area contributed by atoms with Crippen molar-refractivity contribution < 1.29 is 8.42 Å². The van der Waals surface area contributed by atoms with Gasteiger partial charge >= 0.3 is 0 Å². The van der Waals surface area contributed by atoms with E-state index in [0.717, 1.165) is 44.2 Å². The molecule has 0 aliphatic carbocycles. The highest BCUT2D eigenvalue weighted by molar-refractivity contribution is 7.88. The second-order valence-electron chi connectivity index (χ2n) is 5.78. The lowest BCUT2D eigenvalue weighted by molar-refractivity contribution is 0.255. The van der Waals surface area contributed by atoms with Crippen LogP contribution in [0, 0.1) is 6.92 Å². The topological polar surface area (TPSA) is 52.6 Å². The van der Waals surface area contributed by atoms with Crippen LogP contribution < -0.4 is 9.62 Å². The van der Waals surface area contributed by atoms with E-state index in [0.29, 0.717) is 6.54 Å². The number of halogens is 1. The fraction of sp³-hybridized carbons (Fsp3) is 0.600. The molecule has 1 aliphatic rings. The Morgan fingerprint density at radius 1 is 1.23 bits per heavy atom. The van der Waals surface area contributed by atoms with Crippen LogP contribution in [0.1, 0.15) is 12.0 Å². The second kappa shape index (κ2) is 7.64. The van der Waals surface area contributed by atoms with Gasteiger partial charge in [0, 0.05) is 43.4 Å². The minimum atomic E-state index is -3.07. The van der Waals surface area contributed by atoms with Crippen LogP contribution in [0.4, 0.5) is 5.69 Å². The maximum atomic E-state index is 11.0. The van der Waals surface area contributed by atoms with E-state index in [4.69, 9.17) is 11.6 Å². The zero-order valence-corrected chi connectivity index (χ0v) is 14.8. The van der Waals surface area contributed by atoms with Gasteiger partial charge in [-0.1, -0.05) is 17.7 Å². The van der Waals surface area contributed by atoms with Crippen molar-refractivity contribution in [2.45, 2.75) is 13.3 Å². The molecule has 0 spiro atoms. The lowest BCUT2D eigenvalue weighted by Gasteiger charge is -2.36. The van der Waals surface area contributed by atoms with E-state index in [1.165, 1.54) is 17.5 Å². The van der Waals surface area contributed by atoms with Gasteiger partial charge in [0.05, 0.1) is 6.26 Å². The van der Waals surface area contributed by atoms with Crippen molar-refractivity contribution >= 4 is 27.3 Å². The van der Waals surface area contributed by atoms with E-state index in [9.17, 15) is 8.42 Å². The van der Waals surface area contributed by atoms with E-state index in [2.05, 4.69) is 27.5 Å². The molecule has 0 atom stereocenters. The Balaban J connectivity index is 1.77. The third-order valence-electron chi connectivity index (χ3n) is 3.90. The molecule has 0 unspecified atom stereocenters. The fourth-order valence-corrected chi connectivity index (χ4v) is 3.38. The van der Waals surface area contributed by atoms with E-state index in [-0.39, 0.29) is 0 Å². The molecule has 22 heavy (non-hydrogen) atoms. The first-order chi connectivity index (χ1) is 10.3. The molecule has 1 aliphatic heterocycles. The van der Waals surface area contributed by atoms with Gasteiger partial charge in [0.15, 0.2) is 0 Å². The number of sulfonamides is 1. The Bertz CT molecular complexity index is 599. The highest BCUT2D eigenvalue weighted by Crippen LogP contribution is 2.25. The molecular formula is C15H24ClN3O2S. The summed E-state index contributed by atoms with van der Waals surface area (Å²) in [5.41, 5.74) is 2.46. The van der Waals surface area contributed by atoms with Crippen LogP contribution in [0.15, 0.2) is 18.2 Å². The SMILES string of the molecule is Cc1ccc(Cl)cc1N1CCN(CCCNS(C)(=O)=O)CC1. The summed E-state index contributed by atoms with van der Waals surface area (Å²) in [5.74, 6) is 0. The molecule has 1 saturated heterocycles. The minimum absolute atomic E-state index is 0.506. The molecule has 2 rings (SSSR count). The molecule has 5 nitrogen and oxygen atoms in total. The first kappa shape index (κ1) is 17.5. The van der Waals surface area contributed by atoms with E-state index >= 15 is 0 Å². The lowest BCUT2D eigenvalue weighted by Crippen LogP contribution is -2.47. The highest BCUT2D eigenvalue weighted by atomic mass is 35.5. The van der Waals surface area contributed by atoms with Crippen LogP contribution >= 0.6 is 11.6 Å². The summed E-state index contributed by atoms with van der Waals surface area (Å²) in [6, 6.07) is 6.01. The Labute approximate surface area is 138 Å². The Kier molecular flexibility index (Phi) is 6.09. The van der Waals surface area contributed by atoms with Crippen LogP contribution in [-0.2, 0) is 10.0 Å². The number of nitrogens with one attached hydrogen (secondary N) is 1. The third-order valence-corrected chi connectivity index (χ3v) is 4.86. The standard InChI is InChI=1S/C15H24ClN3O2S/c1-13-4-5-14(16)12-15(13)19-10-8-18(9-11-19)7-3-6-17-22(2,20)21/h4-5,12,17H,3,6-11H2,1-2H3. The third kappa shape index (κ3) is 5.43. The summed E-state index contributed by atoms with van der Waals surface area (Å²) in [6.45, 7) is 7.46. The van der Waals surface area contributed by atoms with Crippen LogP contribution in [0.5, 0.6) is 0 Å². The molecule has 0 saturated carbocycles. The highest BCUT2D eigenvalue weighted by Gasteiger charge is 2.18. The molecule has 1 fully saturated rings. The maximum Gasteiger partial charge on any atom is 0.208 e. The monoisotopic (exact) mass is 345 g/mol. The van der Waals surface area contributed by atoms with E-state index in [1.807, 2.05) is 12.1 Å². The van der Waals surface area contributed by atoms with E-state index < -0.39 is 10.0 Å². The van der Waals surface area contributed by atoms with Gasteiger partial charge in [-0.3, -0.25) is 4.90 Å². The molecule has 1 aromatic carbocycles. The summed E-state index contributed by atoms with van der Waals surface area (Å²) in [7, 11) is -3.07. The quantitative estimate of drug-likeness (QED) is 0.797. The molecule has 1 aromatic rings. The van der Waals surface area contributed by atoms with Gasteiger partial charge in [0.25, 0.3) is 0 Å². The summed E-state index contributed by atoms with van der Waals surface area (Å²) in [6.07, 6.45) is 2.03. The lowest BCUT2D eigenvalue weighted by atomic mass is 10.1. The molecular weight excluding hydrogens is 322 g/mol. The number of anilines is 1. The van der Waals surface area contributed by atoms with Crippen molar-refractivity contribution in [3.8, 4) is 0 Å². The summed E-state index contributed by atoms with van der Waals surface area (Å²) in [4.78, 5) is 4.74.